The van der Waals surface area contributed by atoms with Crippen LogP contribution in [0.5, 0.6) is 5.75 Å². The van der Waals surface area contributed by atoms with Gasteiger partial charge in [0.2, 0.25) is 5.91 Å². The highest BCUT2D eigenvalue weighted by Crippen LogP contribution is 2.30. The van der Waals surface area contributed by atoms with Crippen molar-refractivity contribution in [3.8, 4) is 5.75 Å². The van der Waals surface area contributed by atoms with Crippen molar-refractivity contribution in [3.05, 3.63) is 64.2 Å². The predicted octanol–water partition coefficient (Wildman–Crippen LogP) is 2.45. The van der Waals surface area contributed by atoms with Gasteiger partial charge < -0.3 is 9.47 Å². The van der Waals surface area contributed by atoms with Crippen molar-refractivity contribution in [2.24, 2.45) is 0 Å². The Morgan fingerprint density at radius 3 is 2.73 bits per heavy atom. The minimum absolute atomic E-state index is 0.120. The zero-order valence-corrected chi connectivity index (χ0v) is 13.8. The molecule has 1 amide bonds. The van der Waals surface area contributed by atoms with E-state index in [9.17, 15) is 19.7 Å². The first-order valence-corrected chi connectivity index (χ1v) is 7.96. The molecular formula is C18H16N2O6. The molecular weight excluding hydrogens is 340 g/mol. The minimum atomic E-state index is -0.659. The molecule has 0 bridgehead atoms. The Balaban J connectivity index is 1.70. The maximum Gasteiger partial charge on any atom is 0.326 e. The monoisotopic (exact) mass is 356 g/mol. The molecule has 1 heterocycles. The van der Waals surface area contributed by atoms with E-state index in [1.807, 2.05) is 0 Å². The van der Waals surface area contributed by atoms with Gasteiger partial charge in [-0.05, 0) is 18.2 Å². The molecule has 26 heavy (non-hydrogen) atoms. The number of hydrogen-bond donors (Lipinski definition) is 0. The fourth-order valence-corrected chi connectivity index (χ4v) is 2.64. The molecule has 0 N–H and O–H groups in total. The van der Waals surface area contributed by atoms with Crippen molar-refractivity contribution in [1.82, 2.24) is 0 Å². The average molecular weight is 356 g/mol. The van der Waals surface area contributed by atoms with Crippen LogP contribution in [0.4, 0.5) is 11.4 Å². The van der Waals surface area contributed by atoms with Gasteiger partial charge in [0.05, 0.1) is 29.2 Å². The van der Waals surface area contributed by atoms with E-state index in [0.29, 0.717) is 11.4 Å². The van der Waals surface area contributed by atoms with E-state index in [1.165, 1.54) is 23.1 Å². The molecule has 1 aliphatic rings. The molecule has 2 aromatic rings. The van der Waals surface area contributed by atoms with Crippen LogP contribution in [0.3, 0.4) is 0 Å². The molecule has 134 valence electrons. The van der Waals surface area contributed by atoms with E-state index in [0.717, 1.165) is 0 Å². The lowest BCUT2D eigenvalue weighted by atomic mass is 10.2. The Morgan fingerprint density at radius 1 is 1.19 bits per heavy atom. The summed E-state index contributed by atoms with van der Waals surface area (Å²) in [4.78, 5) is 36.3. The van der Waals surface area contributed by atoms with Crippen molar-refractivity contribution in [1.29, 1.82) is 0 Å². The number of hydrogen-bond acceptors (Lipinski definition) is 6. The summed E-state index contributed by atoms with van der Waals surface area (Å²) in [7, 11) is 0. The molecule has 8 nitrogen and oxygen atoms in total. The van der Waals surface area contributed by atoms with E-state index in [4.69, 9.17) is 9.47 Å². The van der Waals surface area contributed by atoms with Crippen molar-refractivity contribution >= 4 is 23.3 Å². The van der Waals surface area contributed by atoms with Crippen molar-refractivity contribution in [2.45, 2.75) is 13.0 Å². The van der Waals surface area contributed by atoms with E-state index in [1.54, 1.807) is 30.3 Å². The minimum Gasteiger partial charge on any atom is -0.491 e. The van der Waals surface area contributed by atoms with Crippen LogP contribution in [0.25, 0.3) is 0 Å². The highest BCUT2D eigenvalue weighted by atomic mass is 16.6. The molecule has 0 aliphatic carbocycles. The number of nitrogens with zero attached hydrogens (tertiary/aromatic N) is 2. The lowest BCUT2D eigenvalue weighted by Crippen LogP contribution is -2.36. The number of esters is 1. The zero-order chi connectivity index (χ0) is 18.5. The fraction of sp³-hybridized carbons (Fsp3) is 0.222. The third-order valence-electron chi connectivity index (χ3n) is 3.89. The maximum absolute atomic E-state index is 12.3. The lowest BCUT2D eigenvalue weighted by molar-refractivity contribution is -0.385. The van der Waals surface area contributed by atoms with Gasteiger partial charge in [0.1, 0.15) is 18.9 Å². The number of para-hydroxylation sites is 3. The number of fused-ring (bicyclic) bond motifs is 1. The lowest BCUT2D eigenvalue weighted by Gasteiger charge is -2.20. The van der Waals surface area contributed by atoms with Crippen molar-refractivity contribution < 1.29 is 24.0 Å². The van der Waals surface area contributed by atoms with Gasteiger partial charge in [-0.3, -0.25) is 24.6 Å². The number of rotatable bonds is 5. The summed E-state index contributed by atoms with van der Waals surface area (Å²) < 4.78 is 10.7. The third-order valence-corrected chi connectivity index (χ3v) is 3.89. The van der Waals surface area contributed by atoms with Crippen molar-refractivity contribution in [3.63, 3.8) is 0 Å². The number of amides is 1. The molecule has 0 unspecified atom stereocenters. The summed E-state index contributed by atoms with van der Waals surface area (Å²) in [6.45, 7) is -0.298. The number of carbonyl (C=O) groups excluding carboxylic acids is 2. The first kappa shape index (κ1) is 17.4. The van der Waals surface area contributed by atoms with Crippen molar-refractivity contribution in [2.75, 3.05) is 18.1 Å². The third kappa shape index (κ3) is 3.80. The molecule has 0 atom stereocenters. The van der Waals surface area contributed by atoms with Crippen LogP contribution in [-0.2, 0) is 20.9 Å². The summed E-state index contributed by atoms with van der Waals surface area (Å²) in [6, 6.07) is 13.0. The highest BCUT2D eigenvalue weighted by Gasteiger charge is 2.26. The summed E-state index contributed by atoms with van der Waals surface area (Å²) in [5, 5.41) is 11.0. The molecule has 1 aliphatic heterocycles. The maximum atomic E-state index is 12.3. The summed E-state index contributed by atoms with van der Waals surface area (Å²) in [5.74, 6) is -0.393. The van der Waals surface area contributed by atoms with Gasteiger partial charge in [-0.25, -0.2) is 0 Å². The summed E-state index contributed by atoms with van der Waals surface area (Å²) in [6.07, 6.45) is 0.145. The SMILES string of the molecule is O=C(CN1C(=O)CCOc2ccccc21)OCc1ccccc1[N+](=O)[O-]. The molecule has 0 spiro atoms. The molecule has 8 heteroatoms. The summed E-state index contributed by atoms with van der Waals surface area (Å²) in [5.41, 5.74) is 0.666. The number of nitro groups is 1. The molecule has 2 aromatic carbocycles. The summed E-state index contributed by atoms with van der Waals surface area (Å²) >= 11 is 0. The first-order valence-electron chi connectivity index (χ1n) is 7.96. The number of ether oxygens (including phenoxy) is 2. The van der Waals surface area contributed by atoms with Gasteiger partial charge in [0.25, 0.3) is 5.69 Å². The Hall–Kier alpha value is -3.42. The Kier molecular flexibility index (Phi) is 5.12. The van der Waals surface area contributed by atoms with Gasteiger partial charge in [-0.2, -0.15) is 0 Å². The van der Waals surface area contributed by atoms with Gasteiger partial charge in [-0.15, -0.1) is 0 Å². The van der Waals surface area contributed by atoms with E-state index >= 15 is 0 Å². The standard InChI is InChI=1S/C18H16N2O6/c21-17-9-10-25-16-8-4-3-7-15(16)19(17)11-18(22)26-12-13-5-1-2-6-14(13)20(23)24/h1-8H,9-12H2. The molecule has 0 saturated carbocycles. The Labute approximate surface area is 149 Å². The number of anilines is 1. The van der Waals surface area contributed by atoms with Gasteiger partial charge in [0.15, 0.2) is 0 Å². The molecule has 3 rings (SSSR count). The van der Waals surface area contributed by atoms with Gasteiger partial charge >= 0.3 is 5.97 Å². The fourth-order valence-electron chi connectivity index (χ4n) is 2.64. The smallest absolute Gasteiger partial charge is 0.326 e. The molecule has 0 aromatic heterocycles. The normalized spacial score (nSPS) is 13.4. The van der Waals surface area contributed by atoms with Crippen LogP contribution in [-0.4, -0.2) is 30.0 Å². The second kappa shape index (κ2) is 7.64. The zero-order valence-electron chi connectivity index (χ0n) is 13.8. The van der Waals surface area contributed by atoms with E-state index < -0.39 is 10.9 Å². The van der Waals surface area contributed by atoms with Gasteiger partial charge in [0, 0.05) is 6.07 Å². The first-order chi connectivity index (χ1) is 12.6. The quantitative estimate of drug-likeness (QED) is 0.463. The Morgan fingerprint density at radius 2 is 1.92 bits per heavy atom. The van der Waals surface area contributed by atoms with Crippen LogP contribution in [0.2, 0.25) is 0 Å². The number of carbonyl (C=O) groups is 2. The average Bonchev–Trinajstić information content (AvgIpc) is 2.79. The second-order valence-corrected chi connectivity index (χ2v) is 5.59. The van der Waals surface area contributed by atoms with Crippen LogP contribution in [0.15, 0.2) is 48.5 Å². The van der Waals surface area contributed by atoms with Gasteiger partial charge in [-0.1, -0.05) is 24.3 Å². The largest absolute Gasteiger partial charge is 0.491 e. The molecule has 0 radical (unpaired) electrons. The van der Waals surface area contributed by atoms with E-state index in [2.05, 4.69) is 0 Å². The number of nitro benzene ring substituents is 1. The van der Waals surface area contributed by atoms with Crippen LogP contribution in [0.1, 0.15) is 12.0 Å². The second-order valence-electron chi connectivity index (χ2n) is 5.59. The Bertz CT molecular complexity index is 851. The topological polar surface area (TPSA) is 99.0 Å². The highest BCUT2D eigenvalue weighted by molar-refractivity contribution is 5.99. The predicted molar refractivity (Wildman–Crippen MR) is 91.8 cm³/mol. The van der Waals surface area contributed by atoms with E-state index in [-0.39, 0.29) is 43.3 Å². The van der Waals surface area contributed by atoms with Crippen LogP contribution >= 0.6 is 0 Å². The van der Waals surface area contributed by atoms with Crippen LogP contribution < -0.4 is 9.64 Å². The number of benzene rings is 2. The molecule has 0 saturated heterocycles. The van der Waals surface area contributed by atoms with Crippen LogP contribution in [0, 0.1) is 10.1 Å². The molecule has 0 fully saturated rings.